The summed E-state index contributed by atoms with van der Waals surface area (Å²) in [6.07, 6.45) is 3.54. The molecule has 0 aromatic heterocycles. The van der Waals surface area contributed by atoms with Crippen LogP contribution in [0.4, 0.5) is 0 Å². The van der Waals surface area contributed by atoms with E-state index < -0.39 is 0 Å². The van der Waals surface area contributed by atoms with Gasteiger partial charge in [0, 0.05) is 5.54 Å². The normalized spacial score (nSPS) is 15.3. The Morgan fingerprint density at radius 2 is 1.80 bits per heavy atom. The van der Waals surface area contributed by atoms with Gasteiger partial charge in [0.05, 0.1) is 0 Å². The minimum absolute atomic E-state index is 0.170. The predicted octanol–water partition coefficient (Wildman–Crippen LogP) is 3.69. The molecule has 0 aliphatic heterocycles. The number of hydrogen-bond donors (Lipinski definition) is 1. The van der Waals surface area contributed by atoms with E-state index in [0.29, 0.717) is 0 Å². The first-order valence-corrected chi connectivity index (χ1v) is 5.87. The van der Waals surface area contributed by atoms with E-state index in [4.69, 9.17) is 5.73 Å². The van der Waals surface area contributed by atoms with Crippen molar-refractivity contribution in [3.63, 3.8) is 0 Å². The van der Waals surface area contributed by atoms with Crippen molar-refractivity contribution in [3.05, 3.63) is 35.9 Å². The van der Waals surface area contributed by atoms with E-state index in [0.717, 1.165) is 12.3 Å². The Labute approximate surface area is 93.7 Å². The van der Waals surface area contributed by atoms with Crippen molar-refractivity contribution >= 4 is 0 Å². The van der Waals surface area contributed by atoms with Gasteiger partial charge in [-0.3, -0.25) is 0 Å². The van der Waals surface area contributed by atoms with Gasteiger partial charge in [-0.1, -0.05) is 57.0 Å². The Balaban J connectivity index is 2.52. The average molecular weight is 205 g/mol. The maximum absolute atomic E-state index is 6.32. The van der Waals surface area contributed by atoms with Crippen LogP contribution in [0.5, 0.6) is 0 Å². The number of nitrogens with two attached hydrogens (primary N) is 1. The zero-order chi connectivity index (χ0) is 11.3. The van der Waals surface area contributed by atoms with Gasteiger partial charge in [0.15, 0.2) is 0 Å². The fourth-order valence-electron chi connectivity index (χ4n) is 1.84. The van der Waals surface area contributed by atoms with Crippen molar-refractivity contribution in [2.24, 2.45) is 11.7 Å². The molecule has 1 aromatic carbocycles. The summed E-state index contributed by atoms with van der Waals surface area (Å²) >= 11 is 0. The van der Waals surface area contributed by atoms with Crippen molar-refractivity contribution in [2.75, 3.05) is 0 Å². The second kappa shape index (κ2) is 5.32. The summed E-state index contributed by atoms with van der Waals surface area (Å²) in [7, 11) is 0. The molecule has 1 heteroatoms. The van der Waals surface area contributed by atoms with Crippen LogP contribution in [0.2, 0.25) is 0 Å². The lowest BCUT2D eigenvalue weighted by atomic mass is 9.87. The highest BCUT2D eigenvalue weighted by atomic mass is 14.7. The minimum atomic E-state index is -0.170. The molecule has 0 amide bonds. The van der Waals surface area contributed by atoms with Gasteiger partial charge in [0.2, 0.25) is 0 Å². The molecule has 0 spiro atoms. The Morgan fingerprint density at radius 1 is 1.20 bits per heavy atom. The van der Waals surface area contributed by atoms with Crippen LogP contribution < -0.4 is 5.73 Å². The molecule has 0 radical (unpaired) electrons. The molecule has 84 valence electrons. The third-order valence-corrected chi connectivity index (χ3v) is 2.91. The van der Waals surface area contributed by atoms with E-state index in [9.17, 15) is 0 Å². The number of benzene rings is 1. The maximum atomic E-state index is 6.32. The van der Waals surface area contributed by atoms with Gasteiger partial charge in [-0.05, 0) is 24.8 Å². The van der Waals surface area contributed by atoms with Crippen LogP contribution in [0.15, 0.2) is 30.3 Å². The first-order chi connectivity index (χ1) is 7.02. The molecular formula is C14H23N. The molecule has 0 fully saturated rings. The van der Waals surface area contributed by atoms with Crippen LogP contribution in [0.25, 0.3) is 0 Å². The summed E-state index contributed by atoms with van der Waals surface area (Å²) in [5, 5.41) is 0. The molecule has 15 heavy (non-hydrogen) atoms. The van der Waals surface area contributed by atoms with Crippen LogP contribution in [-0.2, 0) is 5.54 Å². The van der Waals surface area contributed by atoms with Crippen LogP contribution in [0.3, 0.4) is 0 Å². The van der Waals surface area contributed by atoms with E-state index in [1.165, 1.54) is 18.4 Å². The second-order valence-electron chi connectivity index (χ2n) is 5.07. The zero-order valence-corrected chi connectivity index (χ0v) is 10.2. The van der Waals surface area contributed by atoms with Gasteiger partial charge in [-0.15, -0.1) is 0 Å². The van der Waals surface area contributed by atoms with E-state index >= 15 is 0 Å². The highest BCUT2D eigenvalue weighted by molar-refractivity contribution is 5.22. The van der Waals surface area contributed by atoms with Crippen molar-refractivity contribution in [3.8, 4) is 0 Å². The highest BCUT2D eigenvalue weighted by Crippen LogP contribution is 2.24. The van der Waals surface area contributed by atoms with Crippen LogP contribution >= 0.6 is 0 Å². The molecule has 0 heterocycles. The summed E-state index contributed by atoms with van der Waals surface area (Å²) in [4.78, 5) is 0. The topological polar surface area (TPSA) is 26.0 Å². The Bertz CT molecular complexity index is 275. The molecule has 0 bridgehead atoms. The van der Waals surface area contributed by atoms with Gasteiger partial charge >= 0.3 is 0 Å². The first kappa shape index (κ1) is 12.3. The molecule has 1 unspecified atom stereocenters. The van der Waals surface area contributed by atoms with Crippen molar-refractivity contribution in [2.45, 2.75) is 45.6 Å². The lowest BCUT2D eigenvalue weighted by Gasteiger charge is -2.25. The summed E-state index contributed by atoms with van der Waals surface area (Å²) in [6.45, 7) is 6.65. The van der Waals surface area contributed by atoms with E-state index in [1.54, 1.807) is 0 Å². The third-order valence-electron chi connectivity index (χ3n) is 2.91. The summed E-state index contributed by atoms with van der Waals surface area (Å²) in [5.41, 5.74) is 7.40. The molecule has 1 nitrogen and oxygen atoms in total. The van der Waals surface area contributed by atoms with E-state index in [2.05, 4.69) is 45.0 Å². The Morgan fingerprint density at radius 3 is 2.33 bits per heavy atom. The van der Waals surface area contributed by atoms with Gasteiger partial charge in [-0.25, -0.2) is 0 Å². The third kappa shape index (κ3) is 4.05. The van der Waals surface area contributed by atoms with E-state index in [-0.39, 0.29) is 5.54 Å². The van der Waals surface area contributed by atoms with Crippen molar-refractivity contribution in [1.29, 1.82) is 0 Å². The lowest BCUT2D eigenvalue weighted by Crippen LogP contribution is -2.32. The second-order valence-corrected chi connectivity index (χ2v) is 5.07. The fourth-order valence-corrected chi connectivity index (χ4v) is 1.84. The van der Waals surface area contributed by atoms with Gasteiger partial charge in [0.1, 0.15) is 0 Å². The maximum Gasteiger partial charge on any atom is 0.0381 e. The smallest absolute Gasteiger partial charge is 0.0381 e. The Hall–Kier alpha value is -0.820. The summed E-state index contributed by atoms with van der Waals surface area (Å²) < 4.78 is 0. The lowest BCUT2D eigenvalue weighted by molar-refractivity contribution is 0.406. The average Bonchev–Trinajstić information content (AvgIpc) is 2.18. The minimum Gasteiger partial charge on any atom is -0.322 e. The monoisotopic (exact) mass is 205 g/mol. The fraction of sp³-hybridized carbons (Fsp3) is 0.571. The van der Waals surface area contributed by atoms with Gasteiger partial charge < -0.3 is 5.73 Å². The standard InChI is InChI=1S/C14H23N/c1-12(2)8-7-11-14(3,15)13-9-5-4-6-10-13/h4-6,9-10,12H,7-8,11,15H2,1-3H3. The molecule has 1 rings (SSSR count). The summed E-state index contributed by atoms with van der Waals surface area (Å²) in [5.74, 6) is 0.775. The first-order valence-electron chi connectivity index (χ1n) is 5.87. The van der Waals surface area contributed by atoms with Crippen molar-refractivity contribution in [1.82, 2.24) is 0 Å². The highest BCUT2D eigenvalue weighted by Gasteiger charge is 2.19. The largest absolute Gasteiger partial charge is 0.322 e. The van der Waals surface area contributed by atoms with Crippen LogP contribution in [0, 0.1) is 5.92 Å². The molecule has 2 N–H and O–H groups in total. The van der Waals surface area contributed by atoms with Crippen molar-refractivity contribution < 1.29 is 0 Å². The van der Waals surface area contributed by atoms with E-state index in [1.807, 2.05) is 6.07 Å². The molecule has 1 aromatic rings. The molecule has 0 aliphatic carbocycles. The molecule has 1 atom stereocenters. The molecule has 0 aliphatic rings. The van der Waals surface area contributed by atoms with Gasteiger partial charge in [-0.2, -0.15) is 0 Å². The number of rotatable bonds is 5. The van der Waals surface area contributed by atoms with Crippen LogP contribution in [0.1, 0.15) is 45.6 Å². The Kier molecular flexibility index (Phi) is 4.34. The molecular weight excluding hydrogens is 182 g/mol. The quantitative estimate of drug-likeness (QED) is 0.779. The number of hydrogen-bond acceptors (Lipinski definition) is 1. The van der Waals surface area contributed by atoms with Gasteiger partial charge in [0.25, 0.3) is 0 Å². The summed E-state index contributed by atoms with van der Waals surface area (Å²) in [6, 6.07) is 10.4. The molecule has 0 saturated carbocycles. The SMILES string of the molecule is CC(C)CCCC(C)(N)c1ccccc1. The zero-order valence-electron chi connectivity index (χ0n) is 10.2. The predicted molar refractivity (Wildman–Crippen MR) is 66.7 cm³/mol. The molecule has 0 saturated heterocycles. The van der Waals surface area contributed by atoms with Crippen LogP contribution in [-0.4, -0.2) is 0 Å².